The van der Waals surface area contributed by atoms with Crippen LogP contribution in [0.3, 0.4) is 0 Å². The molecule has 0 radical (unpaired) electrons. The minimum absolute atomic E-state index is 0. The van der Waals surface area contributed by atoms with Crippen molar-refractivity contribution in [3.8, 4) is 0 Å². The van der Waals surface area contributed by atoms with Crippen LogP contribution in [0, 0.1) is 13.8 Å². The van der Waals surface area contributed by atoms with Crippen LogP contribution in [0.1, 0.15) is 45.4 Å². The largest absolute Gasteiger partial charge is 0.351 e. The lowest BCUT2D eigenvalue weighted by Gasteiger charge is -2.10. The molecule has 0 fully saturated rings. The van der Waals surface area contributed by atoms with Crippen LogP contribution in [0.25, 0.3) is 0 Å². The van der Waals surface area contributed by atoms with E-state index in [4.69, 9.17) is 0 Å². The summed E-state index contributed by atoms with van der Waals surface area (Å²) in [5.74, 6) is 1.17. The second-order valence-electron chi connectivity index (χ2n) is 5.21. The van der Waals surface area contributed by atoms with Gasteiger partial charge >= 0.3 is 0 Å². The Morgan fingerprint density at radius 1 is 1.13 bits per heavy atom. The van der Waals surface area contributed by atoms with Crippen LogP contribution in [0.5, 0.6) is 0 Å². The summed E-state index contributed by atoms with van der Waals surface area (Å²) >= 11 is 3.35. The number of aromatic nitrogens is 3. The Kier molecular flexibility index (Phi) is 8.34. The standard InChI is InChI=1S/C14H22N6S2.HI/c1-8(2)13-20-19-12(22-13)7-17-14(15-5)16-6-11-9(3)18-10(4)21-11;/h8H,6-7H2,1-5H3,(H2,15,16,17);1H. The first-order valence-electron chi connectivity index (χ1n) is 7.19. The lowest BCUT2D eigenvalue weighted by molar-refractivity contribution is 0.785. The number of halogens is 1. The number of thiazole rings is 1. The Labute approximate surface area is 162 Å². The first kappa shape index (κ1) is 20.2. The number of nitrogens with one attached hydrogen (secondary N) is 2. The summed E-state index contributed by atoms with van der Waals surface area (Å²) in [4.78, 5) is 9.90. The summed E-state index contributed by atoms with van der Waals surface area (Å²) in [6.07, 6.45) is 0. The topological polar surface area (TPSA) is 75.1 Å². The van der Waals surface area contributed by atoms with Crippen LogP contribution in [0.15, 0.2) is 4.99 Å². The molecule has 0 atom stereocenters. The predicted octanol–water partition coefficient (Wildman–Crippen LogP) is 3.22. The third kappa shape index (κ3) is 5.96. The zero-order chi connectivity index (χ0) is 16.1. The molecule has 0 saturated heterocycles. The molecule has 2 aromatic heterocycles. The Balaban J connectivity index is 0.00000264. The molecule has 0 saturated carbocycles. The smallest absolute Gasteiger partial charge is 0.191 e. The number of aryl methyl sites for hydroxylation is 2. The second kappa shape index (κ2) is 9.48. The Bertz CT molecular complexity index is 649. The minimum Gasteiger partial charge on any atom is -0.351 e. The molecule has 2 heterocycles. The molecule has 0 aliphatic heterocycles. The normalized spacial score (nSPS) is 11.5. The van der Waals surface area contributed by atoms with Crippen molar-refractivity contribution in [2.24, 2.45) is 4.99 Å². The van der Waals surface area contributed by atoms with E-state index in [1.807, 2.05) is 13.8 Å². The number of nitrogens with zero attached hydrogens (tertiary/aromatic N) is 4. The Morgan fingerprint density at radius 3 is 2.35 bits per heavy atom. The molecular weight excluding hydrogens is 443 g/mol. The monoisotopic (exact) mass is 466 g/mol. The van der Waals surface area contributed by atoms with Gasteiger partial charge in [-0.15, -0.1) is 45.5 Å². The fourth-order valence-electron chi connectivity index (χ4n) is 1.85. The van der Waals surface area contributed by atoms with Crippen molar-refractivity contribution in [2.75, 3.05) is 7.05 Å². The van der Waals surface area contributed by atoms with E-state index in [2.05, 4.69) is 44.7 Å². The van der Waals surface area contributed by atoms with Gasteiger partial charge in [0.25, 0.3) is 0 Å². The van der Waals surface area contributed by atoms with Gasteiger partial charge < -0.3 is 10.6 Å². The van der Waals surface area contributed by atoms with E-state index in [-0.39, 0.29) is 24.0 Å². The number of hydrogen-bond donors (Lipinski definition) is 2. The number of rotatable bonds is 5. The highest BCUT2D eigenvalue weighted by Gasteiger charge is 2.09. The third-order valence-corrected chi connectivity index (χ3v) is 5.32. The first-order chi connectivity index (χ1) is 10.5. The van der Waals surface area contributed by atoms with Crippen molar-refractivity contribution in [3.05, 3.63) is 25.6 Å². The Hall–Kier alpha value is -0.810. The van der Waals surface area contributed by atoms with Gasteiger partial charge in [-0.25, -0.2) is 4.98 Å². The highest BCUT2D eigenvalue weighted by molar-refractivity contribution is 14.0. The van der Waals surface area contributed by atoms with Gasteiger partial charge in [0, 0.05) is 17.8 Å². The zero-order valence-electron chi connectivity index (χ0n) is 14.0. The number of hydrogen-bond acceptors (Lipinski definition) is 6. The average Bonchev–Trinajstić information content (AvgIpc) is 3.06. The molecule has 9 heteroatoms. The van der Waals surface area contributed by atoms with E-state index < -0.39 is 0 Å². The van der Waals surface area contributed by atoms with Crippen LogP contribution >= 0.6 is 46.7 Å². The molecule has 2 aromatic rings. The number of aliphatic imine (C=N–C) groups is 1. The van der Waals surface area contributed by atoms with Gasteiger partial charge in [0.05, 0.1) is 23.8 Å². The third-order valence-electron chi connectivity index (χ3n) is 3.02. The maximum Gasteiger partial charge on any atom is 0.191 e. The van der Waals surface area contributed by atoms with Crippen molar-refractivity contribution < 1.29 is 0 Å². The molecule has 0 aliphatic rings. The molecule has 0 aromatic carbocycles. The first-order valence-corrected chi connectivity index (χ1v) is 8.82. The fraction of sp³-hybridized carbons (Fsp3) is 0.571. The van der Waals surface area contributed by atoms with Crippen molar-refractivity contribution in [2.45, 2.75) is 46.7 Å². The van der Waals surface area contributed by atoms with Gasteiger partial charge in [0.2, 0.25) is 0 Å². The van der Waals surface area contributed by atoms with Crippen molar-refractivity contribution in [1.29, 1.82) is 0 Å². The maximum atomic E-state index is 4.43. The molecule has 0 aliphatic carbocycles. The minimum atomic E-state index is 0. The van der Waals surface area contributed by atoms with Crippen molar-refractivity contribution in [3.63, 3.8) is 0 Å². The summed E-state index contributed by atoms with van der Waals surface area (Å²) in [7, 11) is 1.76. The van der Waals surface area contributed by atoms with Crippen LogP contribution < -0.4 is 10.6 Å². The van der Waals surface area contributed by atoms with Gasteiger partial charge in [0.15, 0.2) is 5.96 Å². The van der Waals surface area contributed by atoms with E-state index in [0.29, 0.717) is 12.5 Å². The van der Waals surface area contributed by atoms with Gasteiger partial charge in [-0.3, -0.25) is 4.99 Å². The van der Waals surface area contributed by atoms with E-state index in [1.165, 1.54) is 4.88 Å². The van der Waals surface area contributed by atoms with Crippen LogP contribution in [-0.4, -0.2) is 28.2 Å². The van der Waals surface area contributed by atoms with E-state index in [9.17, 15) is 0 Å². The summed E-state index contributed by atoms with van der Waals surface area (Å²) < 4.78 is 0. The molecule has 23 heavy (non-hydrogen) atoms. The Morgan fingerprint density at radius 2 is 1.83 bits per heavy atom. The van der Waals surface area contributed by atoms with Crippen LogP contribution in [0.4, 0.5) is 0 Å². The molecule has 2 rings (SSSR count). The van der Waals surface area contributed by atoms with E-state index in [1.54, 1.807) is 29.7 Å². The highest BCUT2D eigenvalue weighted by atomic mass is 127. The fourth-order valence-corrected chi connectivity index (χ4v) is 3.51. The molecule has 0 bridgehead atoms. The van der Waals surface area contributed by atoms with Gasteiger partial charge in [-0.2, -0.15) is 0 Å². The van der Waals surface area contributed by atoms with E-state index in [0.717, 1.165) is 33.2 Å². The average molecular weight is 466 g/mol. The van der Waals surface area contributed by atoms with Crippen LogP contribution in [0.2, 0.25) is 0 Å². The zero-order valence-corrected chi connectivity index (χ0v) is 18.0. The van der Waals surface area contributed by atoms with Crippen molar-refractivity contribution >= 4 is 52.6 Å². The summed E-state index contributed by atoms with van der Waals surface area (Å²) in [5.41, 5.74) is 1.08. The second-order valence-corrected chi connectivity index (χ2v) is 7.59. The molecule has 2 N–H and O–H groups in total. The quantitative estimate of drug-likeness (QED) is 0.402. The van der Waals surface area contributed by atoms with Crippen molar-refractivity contribution in [1.82, 2.24) is 25.8 Å². The molecule has 6 nitrogen and oxygen atoms in total. The van der Waals surface area contributed by atoms with Gasteiger partial charge in [0.1, 0.15) is 10.0 Å². The summed E-state index contributed by atoms with van der Waals surface area (Å²) in [5, 5.41) is 18.1. The molecule has 0 spiro atoms. The summed E-state index contributed by atoms with van der Waals surface area (Å²) in [6, 6.07) is 0. The molecule has 128 valence electrons. The molecular formula is C14H23IN6S2. The molecule has 0 unspecified atom stereocenters. The molecule has 0 amide bonds. The predicted molar refractivity (Wildman–Crippen MR) is 108 cm³/mol. The lowest BCUT2D eigenvalue weighted by atomic mass is 10.2. The highest BCUT2D eigenvalue weighted by Crippen LogP contribution is 2.19. The maximum absolute atomic E-state index is 4.43. The van der Waals surface area contributed by atoms with Gasteiger partial charge in [-0.1, -0.05) is 25.2 Å². The summed E-state index contributed by atoms with van der Waals surface area (Å²) in [6.45, 7) is 9.66. The lowest BCUT2D eigenvalue weighted by Crippen LogP contribution is -2.36. The van der Waals surface area contributed by atoms with Gasteiger partial charge in [-0.05, 0) is 13.8 Å². The number of guanidine groups is 1. The van der Waals surface area contributed by atoms with Crippen LogP contribution in [-0.2, 0) is 13.1 Å². The van der Waals surface area contributed by atoms with E-state index >= 15 is 0 Å². The SMILES string of the molecule is CN=C(NCc1nnc(C(C)C)s1)NCc1sc(C)nc1C.I.